The van der Waals surface area contributed by atoms with Gasteiger partial charge in [-0.3, -0.25) is 0 Å². The monoisotopic (exact) mass is 472 g/mol. The van der Waals surface area contributed by atoms with Gasteiger partial charge < -0.3 is 19.3 Å². The molecule has 0 spiro atoms. The lowest BCUT2D eigenvalue weighted by Gasteiger charge is -2.31. The molecule has 0 radical (unpaired) electrons. The third kappa shape index (κ3) is 4.62. The molecule has 0 heterocycles. The number of rotatable bonds is 8. The molecule has 0 aliphatic carbocycles. The van der Waals surface area contributed by atoms with Gasteiger partial charge in [0.1, 0.15) is 11.5 Å². The highest BCUT2D eigenvalue weighted by molar-refractivity contribution is 5.87. The summed E-state index contributed by atoms with van der Waals surface area (Å²) >= 11 is 0. The van der Waals surface area contributed by atoms with Crippen LogP contribution in [0.4, 0.5) is 34.1 Å². The van der Waals surface area contributed by atoms with Gasteiger partial charge in [-0.05, 0) is 48.5 Å². The molecular weight excluding hydrogens is 444 g/mol. The molecule has 0 aliphatic rings. The van der Waals surface area contributed by atoms with E-state index in [1.165, 1.54) is 0 Å². The van der Waals surface area contributed by atoms with Gasteiger partial charge in [-0.25, -0.2) is 0 Å². The van der Waals surface area contributed by atoms with E-state index in [4.69, 9.17) is 9.47 Å². The molecule has 0 aliphatic heterocycles. The van der Waals surface area contributed by atoms with E-state index in [9.17, 15) is 0 Å². The van der Waals surface area contributed by atoms with Crippen molar-refractivity contribution >= 4 is 34.1 Å². The molecule has 0 saturated carbocycles. The first-order valence-corrected chi connectivity index (χ1v) is 11.9. The third-order valence-corrected chi connectivity index (χ3v) is 6.02. The van der Waals surface area contributed by atoms with Crippen LogP contribution in [0.25, 0.3) is 0 Å². The average molecular weight is 473 g/mol. The van der Waals surface area contributed by atoms with E-state index in [0.717, 1.165) is 45.6 Å². The first-order valence-electron chi connectivity index (χ1n) is 11.9. The Morgan fingerprint density at radius 3 is 0.861 bits per heavy atom. The van der Waals surface area contributed by atoms with E-state index in [1.807, 2.05) is 84.9 Å². The summed E-state index contributed by atoms with van der Waals surface area (Å²) in [6.45, 7) is 0. The van der Waals surface area contributed by atoms with Crippen molar-refractivity contribution in [1.82, 2.24) is 0 Å². The minimum Gasteiger partial charge on any atom is -0.494 e. The third-order valence-electron chi connectivity index (χ3n) is 6.02. The summed E-state index contributed by atoms with van der Waals surface area (Å²) < 4.78 is 12.0. The van der Waals surface area contributed by atoms with Gasteiger partial charge >= 0.3 is 0 Å². The van der Waals surface area contributed by atoms with Crippen LogP contribution in [0.2, 0.25) is 0 Å². The molecule has 5 aromatic rings. The van der Waals surface area contributed by atoms with Gasteiger partial charge in [0.2, 0.25) is 0 Å². The Labute approximate surface area is 212 Å². The topological polar surface area (TPSA) is 24.9 Å². The second kappa shape index (κ2) is 10.7. The van der Waals surface area contributed by atoms with Gasteiger partial charge in [0.15, 0.2) is 0 Å². The molecule has 0 atom stereocenters. The summed E-state index contributed by atoms with van der Waals surface area (Å²) in [5.74, 6) is 1.46. The molecule has 4 nitrogen and oxygen atoms in total. The molecule has 0 bridgehead atoms. The molecule has 5 aromatic carbocycles. The van der Waals surface area contributed by atoms with E-state index in [0.29, 0.717) is 0 Å². The Morgan fingerprint density at radius 1 is 0.389 bits per heavy atom. The van der Waals surface area contributed by atoms with Gasteiger partial charge in [0, 0.05) is 34.9 Å². The SMILES string of the molecule is COc1cc(N(c2ccccc2)c2ccccc2)c(OC)cc1N(c1ccccc1)c1ccccc1. The number of hydrogen-bond acceptors (Lipinski definition) is 4. The maximum absolute atomic E-state index is 6.01. The Hall–Kier alpha value is -4.70. The molecule has 36 heavy (non-hydrogen) atoms. The van der Waals surface area contributed by atoms with E-state index < -0.39 is 0 Å². The van der Waals surface area contributed by atoms with Crippen LogP contribution < -0.4 is 19.3 Å². The lowest BCUT2D eigenvalue weighted by Crippen LogP contribution is -2.14. The highest BCUT2D eigenvalue weighted by Crippen LogP contribution is 2.48. The average Bonchev–Trinajstić information content (AvgIpc) is 2.96. The van der Waals surface area contributed by atoms with Crippen molar-refractivity contribution in [3.05, 3.63) is 133 Å². The predicted octanol–water partition coefficient (Wildman–Crippen LogP) is 8.64. The number of hydrogen-bond donors (Lipinski definition) is 0. The number of para-hydroxylation sites is 4. The summed E-state index contributed by atoms with van der Waals surface area (Å²) in [5.41, 5.74) is 5.88. The minimum absolute atomic E-state index is 0.732. The van der Waals surface area contributed by atoms with Crippen molar-refractivity contribution in [3.8, 4) is 11.5 Å². The minimum atomic E-state index is 0.732. The van der Waals surface area contributed by atoms with Gasteiger partial charge in [-0.1, -0.05) is 72.8 Å². The predicted molar refractivity (Wildman–Crippen MR) is 149 cm³/mol. The molecule has 0 saturated heterocycles. The Balaban J connectivity index is 1.73. The van der Waals surface area contributed by atoms with E-state index in [1.54, 1.807) is 14.2 Å². The van der Waals surface area contributed by atoms with Crippen LogP contribution in [0.15, 0.2) is 133 Å². The highest BCUT2D eigenvalue weighted by atomic mass is 16.5. The number of nitrogens with zero attached hydrogens (tertiary/aromatic N) is 2. The van der Waals surface area contributed by atoms with E-state index >= 15 is 0 Å². The molecule has 0 N–H and O–H groups in total. The normalized spacial score (nSPS) is 10.5. The number of benzene rings is 5. The largest absolute Gasteiger partial charge is 0.494 e. The first-order chi connectivity index (χ1) is 17.8. The first kappa shape index (κ1) is 23.1. The molecule has 0 unspecified atom stereocenters. The number of anilines is 6. The number of ether oxygens (including phenoxy) is 2. The zero-order valence-corrected chi connectivity index (χ0v) is 20.4. The van der Waals surface area contributed by atoms with Crippen molar-refractivity contribution < 1.29 is 9.47 Å². The molecule has 4 heteroatoms. The maximum Gasteiger partial charge on any atom is 0.145 e. The maximum atomic E-state index is 6.01. The van der Waals surface area contributed by atoms with Crippen molar-refractivity contribution in [2.24, 2.45) is 0 Å². The van der Waals surface area contributed by atoms with Crippen molar-refractivity contribution in [2.45, 2.75) is 0 Å². The van der Waals surface area contributed by atoms with Crippen LogP contribution in [0.1, 0.15) is 0 Å². The lowest BCUT2D eigenvalue weighted by molar-refractivity contribution is 0.405. The second-order valence-corrected chi connectivity index (χ2v) is 8.21. The quantitative estimate of drug-likeness (QED) is 0.226. The summed E-state index contributed by atoms with van der Waals surface area (Å²) in [6, 6.07) is 45.2. The van der Waals surface area contributed by atoms with Crippen LogP contribution in [-0.2, 0) is 0 Å². The summed E-state index contributed by atoms with van der Waals surface area (Å²) in [4.78, 5) is 4.36. The van der Waals surface area contributed by atoms with Crippen molar-refractivity contribution in [1.29, 1.82) is 0 Å². The van der Waals surface area contributed by atoms with Crippen LogP contribution in [0.3, 0.4) is 0 Å². The summed E-state index contributed by atoms with van der Waals surface area (Å²) in [7, 11) is 3.41. The Morgan fingerprint density at radius 2 is 0.639 bits per heavy atom. The molecule has 0 fully saturated rings. The van der Waals surface area contributed by atoms with Gasteiger partial charge in [-0.15, -0.1) is 0 Å². The molecular formula is C32H28N2O2. The molecule has 0 aromatic heterocycles. The van der Waals surface area contributed by atoms with E-state index in [-0.39, 0.29) is 0 Å². The van der Waals surface area contributed by atoms with Gasteiger partial charge in [-0.2, -0.15) is 0 Å². The zero-order valence-electron chi connectivity index (χ0n) is 20.4. The van der Waals surface area contributed by atoms with Crippen LogP contribution in [0.5, 0.6) is 11.5 Å². The second-order valence-electron chi connectivity index (χ2n) is 8.21. The van der Waals surface area contributed by atoms with Crippen molar-refractivity contribution in [3.63, 3.8) is 0 Å². The Kier molecular flexibility index (Phi) is 6.86. The lowest BCUT2D eigenvalue weighted by atomic mass is 10.1. The fourth-order valence-corrected chi connectivity index (χ4v) is 4.38. The van der Waals surface area contributed by atoms with Gasteiger partial charge in [0.25, 0.3) is 0 Å². The molecule has 178 valence electrons. The van der Waals surface area contributed by atoms with Crippen LogP contribution >= 0.6 is 0 Å². The summed E-state index contributed by atoms with van der Waals surface area (Å²) in [6.07, 6.45) is 0. The number of methoxy groups -OCH3 is 2. The Bertz CT molecular complexity index is 1200. The van der Waals surface area contributed by atoms with Crippen molar-refractivity contribution in [2.75, 3.05) is 24.0 Å². The van der Waals surface area contributed by atoms with Crippen LogP contribution in [0, 0.1) is 0 Å². The fourth-order valence-electron chi connectivity index (χ4n) is 4.38. The summed E-state index contributed by atoms with van der Waals surface area (Å²) in [5, 5.41) is 0. The highest BCUT2D eigenvalue weighted by Gasteiger charge is 2.23. The van der Waals surface area contributed by atoms with Crippen LogP contribution in [-0.4, -0.2) is 14.2 Å². The molecule has 0 amide bonds. The van der Waals surface area contributed by atoms with Gasteiger partial charge in [0.05, 0.1) is 25.6 Å². The zero-order chi connectivity index (χ0) is 24.7. The fraction of sp³-hybridized carbons (Fsp3) is 0.0625. The molecule has 5 rings (SSSR count). The standard InChI is InChI=1S/C32H28N2O2/c1-35-31-23-30(34(27-19-11-5-12-20-27)28-21-13-6-14-22-28)32(36-2)24-29(31)33(25-15-7-3-8-16-25)26-17-9-4-10-18-26/h3-24H,1-2H3. The smallest absolute Gasteiger partial charge is 0.145 e. The van der Waals surface area contributed by atoms with E-state index in [2.05, 4.69) is 58.3 Å².